The minimum absolute atomic E-state index is 0.00185. The fraction of sp³-hybridized carbons (Fsp3) is 0.263. The van der Waals surface area contributed by atoms with Gasteiger partial charge in [-0.2, -0.15) is 5.10 Å². The molecule has 0 N–H and O–H groups in total. The van der Waals surface area contributed by atoms with E-state index >= 15 is 0 Å². The van der Waals surface area contributed by atoms with Crippen LogP contribution in [0, 0.1) is 5.82 Å². The van der Waals surface area contributed by atoms with Crippen LogP contribution in [0.5, 0.6) is 6.01 Å². The van der Waals surface area contributed by atoms with Gasteiger partial charge >= 0.3 is 6.01 Å². The number of benzene rings is 1. The topological polar surface area (TPSA) is 79.1 Å². The first-order valence-corrected chi connectivity index (χ1v) is 8.55. The molecule has 1 fully saturated rings. The molecule has 2 aromatic heterocycles. The van der Waals surface area contributed by atoms with Gasteiger partial charge in [-0.15, -0.1) is 0 Å². The van der Waals surface area contributed by atoms with Gasteiger partial charge in [0, 0.05) is 24.0 Å². The molecule has 9 heteroatoms. The van der Waals surface area contributed by atoms with Crippen molar-refractivity contribution in [1.82, 2.24) is 19.7 Å². The number of hydrogen-bond acceptors (Lipinski definition) is 6. The Labute approximate surface area is 158 Å². The summed E-state index contributed by atoms with van der Waals surface area (Å²) in [7, 11) is 0. The lowest BCUT2D eigenvalue weighted by molar-refractivity contribution is -0.147. The summed E-state index contributed by atoms with van der Waals surface area (Å²) in [6, 6.07) is 8.93. The van der Waals surface area contributed by atoms with E-state index in [-0.39, 0.29) is 43.8 Å². The van der Waals surface area contributed by atoms with Gasteiger partial charge in [-0.25, -0.2) is 23.4 Å². The third-order valence-electron chi connectivity index (χ3n) is 4.19. The van der Waals surface area contributed by atoms with Gasteiger partial charge < -0.3 is 9.47 Å². The zero-order valence-corrected chi connectivity index (χ0v) is 14.7. The van der Waals surface area contributed by atoms with Gasteiger partial charge in [0.1, 0.15) is 12.4 Å². The first-order chi connectivity index (χ1) is 13.5. The molecular weight excluding hydrogens is 370 g/mol. The lowest BCUT2D eigenvalue weighted by Gasteiger charge is -2.32. The molecule has 0 atom stereocenters. The van der Waals surface area contributed by atoms with Crippen molar-refractivity contribution in [2.24, 2.45) is 0 Å². The molecule has 0 spiro atoms. The van der Waals surface area contributed by atoms with Crippen LogP contribution in [0.15, 0.2) is 53.6 Å². The molecule has 3 aromatic rings. The maximum atomic E-state index is 13.9. The Kier molecular flexibility index (Phi) is 4.82. The minimum atomic E-state index is -1.49. The highest BCUT2D eigenvalue weighted by molar-refractivity contribution is 5.55. The van der Waals surface area contributed by atoms with Gasteiger partial charge in [0.15, 0.2) is 5.67 Å². The third-order valence-corrected chi connectivity index (χ3v) is 4.19. The summed E-state index contributed by atoms with van der Waals surface area (Å²) in [6.45, 7) is -0.0417. The average molecular weight is 386 g/mol. The predicted octanol–water partition coefficient (Wildman–Crippen LogP) is 2.00. The van der Waals surface area contributed by atoms with Crippen LogP contribution in [0.2, 0.25) is 0 Å². The Morgan fingerprint density at radius 1 is 1.18 bits per heavy atom. The van der Waals surface area contributed by atoms with Gasteiger partial charge in [0.05, 0.1) is 25.5 Å². The molecule has 1 aromatic carbocycles. The van der Waals surface area contributed by atoms with Crippen LogP contribution in [-0.4, -0.2) is 45.2 Å². The van der Waals surface area contributed by atoms with Crippen LogP contribution in [-0.2, 0) is 11.3 Å². The number of hydrogen-bond donors (Lipinski definition) is 0. The molecule has 0 unspecified atom stereocenters. The SMILES string of the molecule is O=c1ccc(-c2cnc(OCC3(F)COC3)nc2)nn1Cc1cccc(F)c1. The van der Waals surface area contributed by atoms with Crippen LogP contribution in [0.3, 0.4) is 0 Å². The van der Waals surface area contributed by atoms with Gasteiger partial charge in [-0.3, -0.25) is 4.79 Å². The van der Waals surface area contributed by atoms with E-state index in [9.17, 15) is 13.6 Å². The van der Waals surface area contributed by atoms with Crippen LogP contribution in [0.1, 0.15) is 5.56 Å². The molecule has 1 aliphatic rings. The van der Waals surface area contributed by atoms with Gasteiger partial charge in [-0.1, -0.05) is 12.1 Å². The lowest BCUT2D eigenvalue weighted by atomic mass is 10.1. The molecule has 1 saturated heterocycles. The maximum absolute atomic E-state index is 13.9. The standard InChI is InChI=1S/C19H16F2N4O3/c20-15-3-1-2-13(6-15)9-25-17(26)5-4-16(24-25)14-7-22-18(23-8-14)28-12-19(21)10-27-11-19/h1-8H,9-12H2. The number of aromatic nitrogens is 4. The summed E-state index contributed by atoms with van der Waals surface area (Å²) >= 11 is 0. The predicted molar refractivity (Wildman–Crippen MR) is 95.2 cm³/mol. The average Bonchev–Trinajstić information content (AvgIpc) is 2.67. The van der Waals surface area contributed by atoms with Crippen molar-refractivity contribution < 1.29 is 18.3 Å². The number of ether oxygens (including phenoxy) is 2. The fourth-order valence-electron chi connectivity index (χ4n) is 2.65. The quantitative estimate of drug-likeness (QED) is 0.645. The van der Waals surface area contributed by atoms with E-state index in [2.05, 4.69) is 15.1 Å². The zero-order valence-electron chi connectivity index (χ0n) is 14.7. The van der Waals surface area contributed by atoms with E-state index in [1.807, 2.05) is 0 Å². The van der Waals surface area contributed by atoms with Crippen molar-refractivity contribution >= 4 is 0 Å². The van der Waals surface area contributed by atoms with E-state index in [1.165, 1.54) is 35.3 Å². The largest absolute Gasteiger partial charge is 0.460 e. The minimum Gasteiger partial charge on any atom is -0.460 e. The second-order valence-corrected chi connectivity index (χ2v) is 6.53. The van der Waals surface area contributed by atoms with E-state index in [4.69, 9.17) is 9.47 Å². The third kappa shape index (κ3) is 4.04. The van der Waals surface area contributed by atoms with Gasteiger partial charge in [0.2, 0.25) is 0 Å². The highest BCUT2D eigenvalue weighted by Crippen LogP contribution is 2.22. The summed E-state index contributed by atoms with van der Waals surface area (Å²) in [6.07, 6.45) is 2.95. The molecule has 0 radical (unpaired) electrons. The Morgan fingerprint density at radius 2 is 1.96 bits per heavy atom. The molecule has 28 heavy (non-hydrogen) atoms. The molecule has 3 heterocycles. The number of alkyl halides is 1. The summed E-state index contributed by atoms with van der Waals surface area (Å²) in [4.78, 5) is 20.2. The highest BCUT2D eigenvalue weighted by Gasteiger charge is 2.40. The Bertz CT molecular complexity index is 1040. The lowest BCUT2D eigenvalue weighted by Crippen LogP contribution is -2.50. The molecule has 1 aliphatic heterocycles. The molecule has 0 aliphatic carbocycles. The molecule has 7 nitrogen and oxygen atoms in total. The maximum Gasteiger partial charge on any atom is 0.316 e. The van der Waals surface area contributed by atoms with Crippen molar-refractivity contribution in [2.45, 2.75) is 12.2 Å². The Balaban J connectivity index is 1.50. The first-order valence-electron chi connectivity index (χ1n) is 8.55. The molecule has 144 valence electrons. The number of halogens is 2. The summed E-state index contributed by atoms with van der Waals surface area (Å²) in [5.74, 6) is -0.380. The molecule has 0 saturated carbocycles. The normalized spacial score (nSPS) is 15.1. The first kappa shape index (κ1) is 18.2. The summed E-state index contributed by atoms with van der Waals surface area (Å²) in [5, 5.41) is 4.29. The van der Waals surface area contributed by atoms with Crippen LogP contribution < -0.4 is 10.3 Å². The Morgan fingerprint density at radius 3 is 2.64 bits per heavy atom. The van der Waals surface area contributed by atoms with E-state index < -0.39 is 5.67 Å². The molecular formula is C19H16F2N4O3. The molecule has 0 bridgehead atoms. The van der Waals surface area contributed by atoms with Crippen LogP contribution in [0.25, 0.3) is 11.3 Å². The number of nitrogens with zero attached hydrogens (tertiary/aromatic N) is 4. The van der Waals surface area contributed by atoms with E-state index in [0.717, 1.165) is 0 Å². The summed E-state index contributed by atoms with van der Waals surface area (Å²) in [5.41, 5.74) is -0.161. The van der Waals surface area contributed by atoms with Crippen molar-refractivity contribution in [2.75, 3.05) is 19.8 Å². The highest BCUT2D eigenvalue weighted by atomic mass is 19.1. The number of rotatable bonds is 6. The van der Waals surface area contributed by atoms with E-state index in [1.54, 1.807) is 18.2 Å². The summed E-state index contributed by atoms with van der Waals surface area (Å²) < 4.78 is 38.5. The van der Waals surface area contributed by atoms with Gasteiger partial charge in [0.25, 0.3) is 5.56 Å². The zero-order chi connectivity index (χ0) is 19.6. The molecule has 4 rings (SSSR count). The van der Waals surface area contributed by atoms with Crippen molar-refractivity contribution in [3.05, 3.63) is 70.5 Å². The van der Waals surface area contributed by atoms with Crippen molar-refractivity contribution in [3.63, 3.8) is 0 Å². The van der Waals surface area contributed by atoms with E-state index in [0.29, 0.717) is 16.8 Å². The van der Waals surface area contributed by atoms with Crippen molar-refractivity contribution in [1.29, 1.82) is 0 Å². The fourth-order valence-corrected chi connectivity index (χ4v) is 2.65. The van der Waals surface area contributed by atoms with Crippen LogP contribution in [0.4, 0.5) is 8.78 Å². The second-order valence-electron chi connectivity index (χ2n) is 6.53. The van der Waals surface area contributed by atoms with Crippen LogP contribution >= 0.6 is 0 Å². The smallest absolute Gasteiger partial charge is 0.316 e. The van der Waals surface area contributed by atoms with Crippen molar-refractivity contribution in [3.8, 4) is 17.3 Å². The Hall–Kier alpha value is -3.20. The monoisotopic (exact) mass is 386 g/mol. The second kappa shape index (κ2) is 7.43. The molecule has 0 amide bonds. The van der Waals surface area contributed by atoms with Gasteiger partial charge in [-0.05, 0) is 23.8 Å².